The standard InChI is InChI=1S/C16H17F3N2O3/c1-7(22)6-24-11-4-3-9(5-10(11)16(17,18)19)14-12-8(2)13(12)15(23)21-20-14/h3-5,7-8,12-13,22H,6H2,1-2H3,(H,21,23). The molecule has 1 aromatic rings. The molecule has 1 fully saturated rings. The molecule has 1 saturated carbocycles. The molecule has 3 rings (SSSR count). The van der Waals surface area contributed by atoms with Crippen molar-refractivity contribution in [3.05, 3.63) is 29.3 Å². The third-order valence-corrected chi connectivity index (χ3v) is 4.34. The fourth-order valence-electron chi connectivity index (χ4n) is 3.05. The monoisotopic (exact) mass is 342 g/mol. The maximum Gasteiger partial charge on any atom is 0.419 e. The van der Waals surface area contributed by atoms with Crippen molar-refractivity contribution >= 4 is 11.6 Å². The zero-order valence-corrected chi connectivity index (χ0v) is 13.1. The summed E-state index contributed by atoms with van der Waals surface area (Å²) < 4.78 is 45.0. The number of alkyl halides is 3. The Morgan fingerprint density at radius 3 is 2.71 bits per heavy atom. The number of nitrogens with one attached hydrogen (secondary N) is 1. The van der Waals surface area contributed by atoms with Crippen LogP contribution in [0.2, 0.25) is 0 Å². The number of rotatable bonds is 4. The molecule has 2 N–H and O–H groups in total. The summed E-state index contributed by atoms with van der Waals surface area (Å²) in [5, 5.41) is 13.1. The summed E-state index contributed by atoms with van der Waals surface area (Å²) in [7, 11) is 0. The molecule has 0 radical (unpaired) electrons. The van der Waals surface area contributed by atoms with E-state index in [1.807, 2.05) is 6.92 Å². The summed E-state index contributed by atoms with van der Waals surface area (Å²) in [5.74, 6) is -0.842. The van der Waals surface area contributed by atoms with Crippen LogP contribution in [0.3, 0.4) is 0 Å². The molecule has 0 spiro atoms. The summed E-state index contributed by atoms with van der Waals surface area (Å²) >= 11 is 0. The highest BCUT2D eigenvalue weighted by Crippen LogP contribution is 2.50. The van der Waals surface area contributed by atoms with Crippen molar-refractivity contribution in [3.63, 3.8) is 0 Å². The number of carbonyl (C=O) groups is 1. The summed E-state index contributed by atoms with van der Waals surface area (Å²) in [6, 6.07) is 3.70. The van der Waals surface area contributed by atoms with Crippen molar-refractivity contribution in [2.45, 2.75) is 26.1 Å². The molecule has 1 heterocycles. The molecule has 8 heteroatoms. The number of aliphatic hydroxyl groups excluding tert-OH is 1. The van der Waals surface area contributed by atoms with Crippen molar-refractivity contribution in [2.24, 2.45) is 22.9 Å². The molecule has 0 bridgehead atoms. The molecule has 24 heavy (non-hydrogen) atoms. The summed E-state index contributed by atoms with van der Waals surface area (Å²) in [6.07, 6.45) is -5.48. The van der Waals surface area contributed by atoms with Crippen LogP contribution in [0, 0.1) is 17.8 Å². The average molecular weight is 342 g/mol. The van der Waals surface area contributed by atoms with Crippen molar-refractivity contribution in [1.82, 2.24) is 5.43 Å². The number of fused-ring (bicyclic) bond motifs is 1. The van der Waals surface area contributed by atoms with Gasteiger partial charge in [-0.3, -0.25) is 4.79 Å². The highest BCUT2D eigenvalue weighted by molar-refractivity contribution is 6.10. The van der Waals surface area contributed by atoms with Gasteiger partial charge in [0.2, 0.25) is 5.91 Å². The van der Waals surface area contributed by atoms with Gasteiger partial charge in [0.15, 0.2) is 0 Å². The van der Waals surface area contributed by atoms with E-state index in [2.05, 4.69) is 10.5 Å². The second-order valence-corrected chi connectivity index (χ2v) is 6.25. The number of halogens is 3. The first-order valence-electron chi connectivity index (χ1n) is 7.60. The van der Waals surface area contributed by atoms with Crippen LogP contribution < -0.4 is 10.2 Å². The van der Waals surface area contributed by atoms with E-state index in [0.29, 0.717) is 11.3 Å². The minimum absolute atomic E-state index is 0.0618. The molecule has 4 unspecified atom stereocenters. The van der Waals surface area contributed by atoms with Gasteiger partial charge in [-0.15, -0.1) is 0 Å². The van der Waals surface area contributed by atoms with Crippen molar-refractivity contribution < 1.29 is 27.8 Å². The highest BCUT2D eigenvalue weighted by Gasteiger charge is 2.56. The fraction of sp³-hybridized carbons (Fsp3) is 0.500. The van der Waals surface area contributed by atoms with E-state index in [1.54, 1.807) is 0 Å². The summed E-state index contributed by atoms with van der Waals surface area (Å²) in [5.41, 5.74) is 2.21. The maximum atomic E-state index is 13.3. The number of amides is 1. The van der Waals surface area contributed by atoms with E-state index in [-0.39, 0.29) is 36.0 Å². The molecule has 4 atom stereocenters. The van der Waals surface area contributed by atoms with Crippen LogP contribution in [0.4, 0.5) is 13.2 Å². The smallest absolute Gasteiger partial charge is 0.419 e. The Kier molecular flexibility index (Phi) is 4.03. The molecule has 2 aliphatic rings. The van der Waals surface area contributed by atoms with Crippen LogP contribution in [0.25, 0.3) is 0 Å². The zero-order valence-electron chi connectivity index (χ0n) is 13.1. The van der Waals surface area contributed by atoms with E-state index in [1.165, 1.54) is 19.1 Å². The van der Waals surface area contributed by atoms with Gasteiger partial charge in [-0.1, -0.05) is 6.92 Å². The SMILES string of the molecule is CC(O)COc1ccc(C2=NNC(=O)C3C(C)C23)cc1C(F)(F)F. The third-order valence-electron chi connectivity index (χ3n) is 4.34. The Balaban J connectivity index is 1.95. The largest absolute Gasteiger partial charge is 0.490 e. The molecule has 130 valence electrons. The molecular weight excluding hydrogens is 325 g/mol. The normalized spacial score (nSPS) is 27.0. The lowest BCUT2D eigenvalue weighted by Crippen LogP contribution is -2.29. The molecule has 0 saturated heterocycles. The Hall–Kier alpha value is -2.09. The predicted molar refractivity (Wildman–Crippen MR) is 79.4 cm³/mol. The molecule has 1 amide bonds. The van der Waals surface area contributed by atoms with Gasteiger partial charge in [0.1, 0.15) is 12.4 Å². The first-order chi connectivity index (χ1) is 11.2. The first-order valence-corrected chi connectivity index (χ1v) is 7.60. The van der Waals surface area contributed by atoms with Gasteiger partial charge in [0.25, 0.3) is 0 Å². The molecule has 1 aliphatic heterocycles. The second kappa shape index (κ2) is 5.77. The lowest BCUT2D eigenvalue weighted by molar-refractivity contribution is -0.139. The highest BCUT2D eigenvalue weighted by atomic mass is 19.4. The Labute approximate surface area is 136 Å². The number of nitrogens with zero attached hydrogens (tertiary/aromatic N) is 1. The molecule has 1 aliphatic carbocycles. The second-order valence-electron chi connectivity index (χ2n) is 6.25. The predicted octanol–water partition coefficient (Wildman–Crippen LogP) is 2.18. The topological polar surface area (TPSA) is 70.9 Å². The minimum Gasteiger partial charge on any atom is -0.490 e. The van der Waals surface area contributed by atoms with E-state index < -0.39 is 17.8 Å². The number of aliphatic hydroxyl groups is 1. The van der Waals surface area contributed by atoms with Crippen LogP contribution in [0.15, 0.2) is 23.3 Å². The van der Waals surface area contributed by atoms with Gasteiger partial charge in [0.05, 0.1) is 23.3 Å². The number of hydrogen-bond donors (Lipinski definition) is 2. The van der Waals surface area contributed by atoms with Crippen LogP contribution >= 0.6 is 0 Å². The van der Waals surface area contributed by atoms with Crippen LogP contribution in [0.1, 0.15) is 25.0 Å². The van der Waals surface area contributed by atoms with Gasteiger partial charge in [-0.2, -0.15) is 18.3 Å². The maximum absolute atomic E-state index is 13.3. The lowest BCUT2D eigenvalue weighted by Gasteiger charge is -2.18. The Morgan fingerprint density at radius 2 is 2.08 bits per heavy atom. The van der Waals surface area contributed by atoms with Gasteiger partial charge >= 0.3 is 6.18 Å². The van der Waals surface area contributed by atoms with Crippen molar-refractivity contribution in [3.8, 4) is 5.75 Å². The number of hydrazone groups is 1. The summed E-state index contributed by atoms with van der Waals surface area (Å²) in [6.45, 7) is 3.07. The first kappa shape index (κ1) is 16.8. The molecular formula is C16H17F3N2O3. The minimum atomic E-state index is -4.60. The van der Waals surface area contributed by atoms with Crippen LogP contribution in [-0.4, -0.2) is 29.4 Å². The fourth-order valence-corrected chi connectivity index (χ4v) is 3.05. The molecule has 0 aromatic heterocycles. The Bertz CT molecular complexity index is 700. The molecule has 5 nitrogen and oxygen atoms in total. The van der Waals surface area contributed by atoms with Crippen molar-refractivity contribution in [1.29, 1.82) is 0 Å². The van der Waals surface area contributed by atoms with Gasteiger partial charge in [-0.25, -0.2) is 5.43 Å². The zero-order chi connectivity index (χ0) is 17.6. The van der Waals surface area contributed by atoms with E-state index >= 15 is 0 Å². The number of hydrogen-bond acceptors (Lipinski definition) is 4. The van der Waals surface area contributed by atoms with E-state index in [4.69, 9.17) is 4.74 Å². The average Bonchev–Trinajstić information content (AvgIpc) is 3.17. The van der Waals surface area contributed by atoms with Gasteiger partial charge in [0, 0.05) is 5.92 Å². The Morgan fingerprint density at radius 1 is 1.38 bits per heavy atom. The van der Waals surface area contributed by atoms with E-state index in [0.717, 1.165) is 6.07 Å². The lowest BCUT2D eigenvalue weighted by atomic mass is 10.00. The molecule has 1 aromatic carbocycles. The van der Waals surface area contributed by atoms with Gasteiger partial charge < -0.3 is 9.84 Å². The number of carbonyl (C=O) groups excluding carboxylic acids is 1. The number of benzene rings is 1. The number of ether oxygens (including phenoxy) is 1. The van der Waals surface area contributed by atoms with Crippen LogP contribution in [0.5, 0.6) is 5.75 Å². The summed E-state index contributed by atoms with van der Waals surface area (Å²) in [4.78, 5) is 11.6. The quantitative estimate of drug-likeness (QED) is 0.881. The third kappa shape index (κ3) is 2.98. The van der Waals surface area contributed by atoms with E-state index in [9.17, 15) is 23.1 Å². The van der Waals surface area contributed by atoms with Crippen LogP contribution in [-0.2, 0) is 11.0 Å². The van der Waals surface area contributed by atoms with Crippen molar-refractivity contribution in [2.75, 3.05) is 6.61 Å². The van der Waals surface area contributed by atoms with Gasteiger partial charge in [-0.05, 0) is 36.6 Å².